The Morgan fingerprint density at radius 2 is 2.12 bits per heavy atom. The predicted octanol–water partition coefficient (Wildman–Crippen LogP) is 0.639. The molecule has 0 aliphatic heterocycles. The van der Waals surface area contributed by atoms with Crippen LogP contribution >= 0.6 is 0 Å². The molecule has 1 aliphatic rings. The molecule has 0 saturated heterocycles. The summed E-state index contributed by atoms with van der Waals surface area (Å²) in [5.74, 6) is 0.347. The van der Waals surface area contributed by atoms with Crippen molar-refractivity contribution >= 4 is 5.91 Å². The van der Waals surface area contributed by atoms with Gasteiger partial charge in [0.2, 0.25) is 5.91 Å². The summed E-state index contributed by atoms with van der Waals surface area (Å²) >= 11 is 0. The highest BCUT2D eigenvalue weighted by Gasteiger charge is 2.38. The van der Waals surface area contributed by atoms with Crippen LogP contribution in [0.25, 0.3) is 0 Å². The number of carbonyl (C=O) groups is 1. The molecular formula is C12H24N2O2. The SMILES string of the molecule is CC(C)CC(CN)C(=O)NC1(CO)CCC1. The molecule has 0 radical (unpaired) electrons. The second-order valence-electron chi connectivity index (χ2n) is 5.34. The molecule has 0 aromatic rings. The molecule has 0 heterocycles. The van der Waals surface area contributed by atoms with Crippen LogP contribution in [0, 0.1) is 11.8 Å². The van der Waals surface area contributed by atoms with Crippen molar-refractivity contribution in [3.63, 3.8) is 0 Å². The molecule has 1 atom stereocenters. The van der Waals surface area contributed by atoms with Gasteiger partial charge in [0.25, 0.3) is 0 Å². The van der Waals surface area contributed by atoms with E-state index in [0.717, 1.165) is 25.7 Å². The molecule has 1 fully saturated rings. The smallest absolute Gasteiger partial charge is 0.224 e. The van der Waals surface area contributed by atoms with Crippen LogP contribution in [-0.2, 0) is 4.79 Å². The number of amides is 1. The number of hydrogen-bond donors (Lipinski definition) is 3. The van der Waals surface area contributed by atoms with Crippen LogP contribution in [0.3, 0.4) is 0 Å². The molecule has 94 valence electrons. The van der Waals surface area contributed by atoms with E-state index in [2.05, 4.69) is 19.2 Å². The molecule has 0 aromatic carbocycles. The minimum atomic E-state index is -0.346. The topological polar surface area (TPSA) is 75.4 Å². The van der Waals surface area contributed by atoms with Crippen molar-refractivity contribution in [2.45, 2.75) is 45.1 Å². The molecule has 1 rings (SSSR count). The summed E-state index contributed by atoms with van der Waals surface area (Å²) in [5, 5.41) is 12.2. The van der Waals surface area contributed by atoms with Crippen molar-refractivity contribution < 1.29 is 9.90 Å². The molecule has 1 saturated carbocycles. The highest BCUT2D eigenvalue weighted by Crippen LogP contribution is 2.31. The first-order valence-corrected chi connectivity index (χ1v) is 6.16. The standard InChI is InChI=1S/C12H24N2O2/c1-9(2)6-10(7-13)11(16)14-12(8-15)4-3-5-12/h9-10,15H,3-8,13H2,1-2H3,(H,14,16). The summed E-state index contributed by atoms with van der Waals surface area (Å²) in [6.07, 6.45) is 3.66. The molecule has 16 heavy (non-hydrogen) atoms. The summed E-state index contributed by atoms with van der Waals surface area (Å²) < 4.78 is 0. The quantitative estimate of drug-likeness (QED) is 0.624. The van der Waals surface area contributed by atoms with Crippen molar-refractivity contribution in [1.82, 2.24) is 5.32 Å². The Labute approximate surface area is 97.6 Å². The lowest BCUT2D eigenvalue weighted by Crippen LogP contribution is -2.58. The summed E-state index contributed by atoms with van der Waals surface area (Å²) in [5.41, 5.74) is 5.27. The molecule has 0 aromatic heterocycles. The summed E-state index contributed by atoms with van der Waals surface area (Å²) in [6, 6.07) is 0. The van der Waals surface area contributed by atoms with E-state index in [0.29, 0.717) is 12.5 Å². The van der Waals surface area contributed by atoms with E-state index in [1.807, 2.05) is 0 Å². The molecule has 0 bridgehead atoms. The van der Waals surface area contributed by atoms with Crippen LogP contribution in [0.1, 0.15) is 39.5 Å². The van der Waals surface area contributed by atoms with Crippen LogP contribution in [-0.4, -0.2) is 29.7 Å². The van der Waals surface area contributed by atoms with E-state index in [1.54, 1.807) is 0 Å². The van der Waals surface area contributed by atoms with Gasteiger partial charge in [0.1, 0.15) is 0 Å². The number of nitrogens with one attached hydrogen (secondary N) is 1. The van der Waals surface area contributed by atoms with E-state index < -0.39 is 0 Å². The largest absolute Gasteiger partial charge is 0.394 e. The lowest BCUT2D eigenvalue weighted by atomic mass is 9.77. The average molecular weight is 228 g/mol. The Morgan fingerprint density at radius 3 is 2.44 bits per heavy atom. The maximum absolute atomic E-state index is 12.0. The second kappa shape index (κ2) is 5.64. The van der Waals surface area contributed by atoms with E-state index in [4.69, 9.17) is 5.73 Å². The van der Waals surface area contributed by atoms with Gasteiger partial charge in [-0.15, -0.1) is 0 Å². The Bertz CT molecular complexity index is 232. The van der Waals surface area contributed by atoms with Crippen LogP contribution in [0.4, 0.5) is 0 Å². The third kappa shape index (κ3) is 3.19. The fourth-order valence-electron chi connectivity index (χ4n) is 2.17. The fourth-order valence-corrected chi connectivity index (χ4v) is 2.17. The van der Waals surface area contributed by atoms with Crippen LogP contribution < -0.4 is 11.1 Å². The minimum absolute atomic E-state index is 0.00458. The maximum Gasteiger partial charge on any atom is 0.224 e. The molecular weight excluding hydrogens is 204 g/mol. The van der Waals surface area contributed by atoms with Gasteiger partial charge in [-0.25, -0.2) is 0 Å². The highest BCUT2D eigenvalue weighted by molar-refractivity contribution is 5.79. The van der Waals surface area contributed by atoms with Crippen LogP contribution in [0.2, 0.25) is 0 Å². The summed E-state index contributed by atoms with van der Waals surface area (Å²) in [6.45, 7) is 4.59. The van der Waals surface area contributed by atoms with Gasteiger partial charge in [-0.05, 0) is 31.6 Å². The van der Waals surface area contributed by atoms with Gasteiger partial charge in [-0.2, -0.15) is 0 Å². The van der Waals surface area contributed by atoms with Gasteiger partial charge in [0, 0.05) is 6.54 Å². The molecule has 1 aliphatic carbocycles. The van der Waals surface area contributed by atoms with E-state index >= 15 is 0 Å². The van der Waals surface area contributed by atoms with E-state index in [1.165, 1.54) is 0 Å². The first kappa shape index (κ1) is 13.5. The summed E-state index contributed by atoms with van der Waals surface area (Å²) in [7, 11) is 0. The monoisotopic (exact) mass is 228 g/mol. The third-order valence-corrected chi connectivity index (χ3v) is 3.41. The van der Waals surface area contributed by atoms with Crippen LogP contribution in [0.5, 0.6) is 0 Å². The Kier molecular flexibility index (Phi) is 4.74. The Hall–Kier alpha value is -0.610. The minimum Gasteiger partial charge on any atom is -0.394 e. The molecule has 0 spiro atoms. The molecule has 4 nitrogen and oxygen atoms in total. The van der Waals surface area contributed by atoms with Crippen molar-refractivity contribution in [2.24, 2.45) is 17.6 Å². The number of nitrogens with two attached hydrogens (primary N) is 1. The zero-order valence-electron chi connectivity index (χ0n) is 10.3. The fraction of sp³-hybridized carbons (Fsp3) is 0.917. The summed E-state index contributed by atoms with van der Waals surface area (Å²) in [4.78, 5) is 12.0. The maximum atomic E-state index is 12.0. The van der Waals surface area contributed by atoms with Crippen molar-refractivity contribution in [3.05, 3.63) is 0 Å². The Morgan fingerprint density at radius 1 is 1.50 bits per heavy atom. The highest BCUT2D eigenvalue weighted by atomic mass is 16.3. The molecule has 4 N–H and O–H groups in total. The van der Waals surface area contributed by atoms with Crippen LogP contribution in [0.15, 0.2) is 0 Å². The van der Waals surface area contributed by atoms with Crippen molar-refractivity contribution in [1.29, 1.82) is 0 Å². The lowest BCUT2D eigenvalue weighted by Gasteiger charge is -2.41. The first-order chi connectivity index (χ1) is 7.53. The van der Waals surface area contributed by atoms with Gasteiger partial charge in [-0.1, -0.05) is 13.8 Å². The zero-order chi connectivity index (χ0) is 12.2. The normalized spacial score (nSPS) is 20.3. The zero-order valence-corrected chi connectivity index (χ0v) is 10.3. The van der Waals surface area contributed by atoms with Gasteiger partial charge >= 0.3 is 0 Å². The molecule has 1 amide bonds. The van der Waals surface area contributed by atoms with Gasteiger partial charge in [0.05, 0.1) is 18.1 Å². The lowest BCUT2D eigenvalue weighted by molar-refractivity contribution is -0.129. The average Bonchev–Trinajstić information content (AvgIpc) is 2.19. The van der Waals surface area contributed by atoms with Crippen molar-refractivity contribution in [3.8, 4) is 0 Å². The van der Waals surface area contributed by atoms with Gasteiger partial charge in [0.15, 0.2) is 0 Å². The Balaban J connectivity index is 2.48. The van der Waals surface area contributed by atoms with Gasteiger partial charge < -0.3 is 16.2 Å². The van der Waals surface area contributed by atoms with E-state index in [-0.39, 0.29) is 24.0 Å². The molecule has 4 heteroatoms. The predicted molar refractivity (Wildman–Crippen MR) is 63.8 cm³/mol. The van der Waals surface area contributed by atoms with Crippen molar-refractivity contribution in [2.75, 3.05) is 13.2 Å². The number of carbonyl (C=O) groups excluding carboxylic acids is 1. The number of hydrogen-bond acceptors (Lipinski definition) is 3. The second-order valence-corrected chi connectivity index (χ2v) is 5.34. The van der Waals surface area contributed by atoms with E-state index in [9.17, 15) is 9.90 Å². The number of rotatable bonds is 6. The van der Waals surface area contributed by atoms with Gasteiger partial charge in [-0.3, -0.25) is 4.79 Å². The molecule has 1 unspecified atom stereocenters. The number of aliphatic hydroxyl groups excluding tert-OH is 1. The number of aliphatic hydroxyl groups is 1. The third-order valence-electron chi connectivity index (χ3n) is 3.41. The first-order valence-electron chi connectivity index (χ1n) is 6.16.